The van der Waals surface area contributed by atoms with Crippen LogP contribution in [0.3, 0.4) is 0 Å². The molecule has 0 aliphatic heterocycles. The SMILES string of the molecule is Cc1cccc(-c2nnc(CCl)n2C2CC2)c1[N+](=O)[O-]. The maximum absolute atomic E-state index is 11.3. The van der Waals surface area contributed by atoms with Gasteiger partial charge in [-0.25, -0.2) is 0 Å². The van der Waals surface area contributed by atoms with E-state index in [1.54, 1.807) is 25.1 Å². The summed E-state index contributed by atoms with van der Waals surface area (Å²) in [7, 11) is 0. The van der Waals surface area contributed by atoms with Crippen LogP contribution in [0.4, 0.5) is 5.69 Å². The van der Waals surface area contributed by atoms with Gasteiger partial charge in [0.25, 0.3) is 5.69 Å². The highest BCUT2D eigenvalue weighted by Gasteiger charge is 2.32. The highest BCUT2D eigenvalue weighted by Crippen LogP contribution is 2.41. The summed E-state index contributed by atoms with van der Waals surface area (Å²) in [6, 6.07) is 5.55. The minimum atomic E-state index is -0.364. The van der Waals surface area contributed by atoms with E-state index < -0.39 is 0 Å². The Morgan fingerprint density at radius 2 is 2.20 bits per heavy atom. The summed E-state index contributed by atoms with van der Waals surface area (Å²) >= 11 is 5.88. The molecule has 0 amide bonds. The van der Waals surface area contributed by atoms with Crippen LogP contribution < -0.4 is 0 Å². The van der Waals surface area contributed by atoms with Crippen LogP contribution in [0, 0.1) is 17.0 Å². The predicted molar refractivity (Wildman–Crippen MR) is 74.7 cm³/mol. The van der Waals surface area contributed by atoms with E-state index in [-0.39, 0.29) is 16.5 Å². The molecule has 20 heavy (non-hydrogen) atoms. The van der Waals surface area contributed by atoms with E-state index in [1.807, 2.05) is 4.57 Å². The van der Waals surface area contributed by atoms with Crippen molar-refractivity contribution in [3.05, 3.63) is 39.7 Å². The van der Waals surface area contributed by atoms with Crippen LogP contribution >= 0.6 is 11.6 Å². The zero-order chi connectivity index (χ0) is 14.3. The molecule has 1 fully saturated rings. The number of rotatable bonds is 4. The summed E-state index contributed by atoms with van der Waals surface area (Å²) in [6.07, 6.45) is 2.07. The van der Waals surface area contributed by atoms with Crippen molar-refractivity contribution in [3.63, 3.8) is 0 Å². The molecule has 1 saturated carbocycles. The zero-order valence-electron chi connectivity index (χ0n) is 10.9. The van der Waals surface area contributed by atoms with E-state index in [0.717, 1.165) is 12.8 Å². The molecule has 1 aliphatic carbocycles. The van der Waals surface area contributed by atoms with Crippen molar-refractivity contribution in [2.24, 2.45) is 0 Å². The Hall–Kier alpha value is -1.95. The van der Waals surface area contributed by atoms with E-state index in [2.05, 4.69) is 10.2 Å². The second-order valence-corrected chi connectivity index (χ2v) is 5.17. The fourth-order valence-corrected chi connectivity index (χ4v) is 2.58. The van der Waals surface area contributed by atoms with Crippen molar-refractivity contribution < 1.29 is 4.92 Å². The number of halogens is 1. The fraction of sp³-hybridized carbons (Fsp3) is 0.385. The first-order valence-electron chi connectivity index (χ1n) is 6.37. The molecule has 3 rings (SSSR count). The molecule has 0 saturated heterocycles. The van der Waals surface area contributed by atoms with Gasteiger partial charge >= 0.3 is 0 Å². The predicted octanol–water partition coefficient (Wildman–Crippen LogP) is 3.24. The zero-order valence-corrected chi connectivity index (χ0v) is 11.7. The lowest BCUT2D eigenvalue weighted by atomic mass is 10.1. The minimum Gasteiger partial charge on any atom is -0.307 e. The third kappa shape index (κ3) is 2.06. The summed E-state index contributed by atoms with van der Waals surface area (Å²) in [4.78, 5) is 10.9. The summed E-state index contributed by atoms with van der Waals surface area (Å²) < 4.78 is 1.94. The molecule has 0 unspecified atom stereocenters. The number of hydrogen-bond donors (Lipinski definition) is 0. The van der Waals surface area contributed by atoms with Crippen LogP contribution in [-0.4, -0.2) is 19.7 Å². The Labute approximate surface area is 120 Å². The Kier molecular flexibility index (Phi) is 3.17. The van der Waals surface area contributed by atoms with Gasteiger partial charge in [0.1, 0.15) is 5.82 Å². The van der Waals surface area contributed by atoms with E-state index in [1.165, 1.54) is 0 Å². The molecule has 0 spiro atoms. The first kappa shape index (κ1) is 13.1. The van der Waals surface area contributed by atoms with Gasteiger partial charge in [0, 0.05) is 11.6 Å². The molecule has 1 heterocycles. The number of nitrogens with zero attached hydrogens (tertiary/aromatic N) is 4. The smallest absolute Gasteiger partial charge is 0.283 e. The van der Waals surface area contributed by atoms with Crippen molar-refractivity contribution in [2.45, 2.75) is 31.7 Å². The number of alkyl halides is 1. The van der Waals surface area contributed by atoms with Gasteiger partial charge in [-0.1, -0.05) is 12.1 Å². The monoisotopic (exact) mass is 292 g/mol. The van der Waals surface area contributed by atoms with Crippen molar-refractivity contribution in [2.75, 3.05) is 0 Å². The molecule has 6 nitrogen and oxygen atoms in total. The first-order chi connectivity index (χ1) is 9.63. The van der Waals surface area contributed by atoms with Gasteiger partial charge in [0.2, 0.25) is 0 Å². The quantitative estimate of drug-likeness (QED) is 0.492. The average molecular weight is 293 g/mol. The number of para-hydroxylation sites is 1. The number of nitro benzene ring substituents is 1. The van der Waals surface area contributed by atoms with Crippen LogP contribution in [0.5, 0.6) is 0 Å². The fourth-order valence-electron chi connectivity index (χ4n) is 2.40. The van der Waals surface area contributed by atoms with E-state index in [0.29, 0.717) is 28.8 Å². The summed E-state index contributed by atoms with van der Waals surface area (Å²) in [5.74, 6) is 1.46. The number of nitro groups is 1. The lowest BCUT2D eigenvalue weighted by Crippen LogP contribution is -2.04. The van der Waals surface area contributed by atoms with Crippen LogP contribution in [0.15, 0.2) is 18.2 Å². The summed E-state index contributed by atoms with van der Waals surface area (Å²) in [6.45, 7) is 1.72. The van der Waals surface area contributed by atoms with Crippen molar-refractivity contribution in [1.29, 1.82) is 0 Å². The highest BCUT2D eigenvalue weighted by molar-refractivity contribution is 6.16. The molecule has 0 radical (unpaired) electrons. The number of hydrogen-bond acceptors (Lipinski definition) is 4. The van der Waals surface area contributed by atoms with Crippen molar-refractivity contribution in [1.82, 2.24) is 14.8 Å². The van der Waals surface area contributed by atoms with Crippen LogP contribution in [0.1, 0.15) is 30.3 Å². The van der Waals surface area contributed by atoms with Gasteiger partial charge in [-0.2, -0.15) is 0 Å². The van der Waals surface area contributed by atoms with E-state index in [9.17, 15) is 10.1 Å². The average Bonchev–Trinajstić information content (AvgIpc) is 3.17. The van der Waals surface area contributed by atoms with Gasteiger partial charge < -0.3 is 4.57 Å². The molecule has 7 heteroatoms. The van der Waals surface area contributed by atoms with Gasteiger partial charge in [-0.3, -0.25) is 10.1 Å². The third-order valence-corrected chi connectivity index (χ3v) is 3.70. The van der Waals surface area contributed by atoms with Crippen molar-refractivity contribution in [3.8, 4) is 11.4 Å². The number of aromatic nitrogens is 3. The standard InChI is InChI=1S/C13H13ClN4O2/c1-8-3-2-4-10(12(8)18(19)20)13-16-15-11(7-14)17(13)9-5-6-9/h2-4,9H,5-7H2,1H3. The normalized spacial score (nSPS) is 14.5. The first-order valence-corrected chi connectivity index (χ1v) is 6.91. The number of benzene rings is 1. The lowest BCUT2D eigenvalue weighted by Gasteiger charge is -2.09. The third-order valence-electron chi connectivity index (χ3n) is 3.46. The molecule has 2 aromatic rings. The van der Waals surface area contributed by atoms with Gasteiger partial charge in [0.15, 0.2) is 5.82 Å². The Morgan fingerprint density at radius 1 is 1.45 bits per heavy atom. The van der Waals surface area contributed by atoms with E-state index in [4.69, 9.17) is 11.6 Å². The van der Waals surface area contributed by atoms with E-state index >= 15 is 0 Å². The summed E-state index contributed by atoms with van der Waals surface area (Å²) in [5.41, 5.74) is 1.21. The highest BCUT2D eigenvalue weighted by atomic mass is 35.5. The molecule has 104 valence electrons. The molecular weight excluding hydrogens is 280 g/mol. The summed E-state index contributed by atoms with van der Waals surface area (Å²) in [5, 5.41) is 19.5. The van der Waals surface area contributed by atoms with Crippen LogP contribution in [0.25, 0.3) is 11.4 Å². The second kappa shape index (κ2) is 4.86. The maximum atomic E-state index is 11.3. The molecule has 0 bridgehead atoms. The van der Waals surface area contributed by atoms with Crippen molar-refractivity contribution >= 4 is 17.3 Å². The number of aryl methyl sites for hydroxylation is 1. The van der Waals surface area contributed by atoms with Crippen LogP contribution in [-0.2, 0) is 5.88 Å². The topological polar surface area (TPSA) is 73.8 Å². The Morgan fingerprint density at radius 3 is 2.80 bits per heavy atom. The van der Waals surface area contributed by atoms with Gasteiger partial charge in [-0.15, -0.1) is 21.8 Å². The molecule has 0 N–H and O–H groups in total. The minimum absolute atomic E-state index is 0.0860. The lowest BCUT2D eigenvalue weighted by molar-refractivity contribution is -0.384. The van der Waals surface area contributed by atoms with Gasteiger partial charge in [0.05, 0.1) is 16.4 Å². The molecular formula is C13H13ClN4O2. The molecule has 1 aromatic heterocycles. The van der Waals surface area contributed by atoms with Gasteiger partial charge in [-0.05, 0) is 25.8 Å². The largest absolute Gasteiger partial charge is 0.307 e. The molecule has 1 aromatic carbocycles. The maximum Gasteiger partial charge on any atom is 0.283 e. The molecule has 0 atom stereocenters. The Bertz CT molecular complexity index is 679. The second-order valence-electron chi connectivity index (χ2n) is 4.90. The Balaban J connectivity index is 2.21. The van der Waals surface area contributed by atoms with Crippen LogP contribution in [0.2, 0.25) is 0 Å². The molecule has 1 aliphatic rings.